The van der Waals surface area contributed by atoms with Crippen molar-refractivity contribution in [2.75, 3.05) is 27.2 Å². The Morgan fingerprint density at radius 2 is 2.04 bits per heavy atom. The topological polar surface area (TPSA) is 58.5 Å². The Morgan fingerprint density at radius 1 is 1.24 bits per heavy atom. The van der Waals surface area contributed by atoms with Crippen molar-refractivity contribution in [3.63, 3.8) is 0 Å². The number of benzene rings is 1. The van der Waals surface area contributed by atoms with Crippen LogP contribution in [0.1, 0.15) is 35.8 Å². The highest BCUT2D eigenvalue weighted by atomic mass is 16.5. The minimum atomic E-state index is -0.567. The molecule has 1 aliphatic rings. The lowest BCUT2D eigenvalue weighted by Gasteiger charge is -2.32. The molecule has 0 aliphatic carbocycles. The van der Waals surface area contributed by atoms with Crippen molar-refractivity contribution in [3.8, 4) is 17.0 Å². The zero-order valence-electron chi connectivity index (χ0n) is 15.5. The number of aliphatic hydroxyl groups is 1. The average molecular weight is 341 g/mol. The number of aromatic nitrogens is 2. The molecule has 0 spiro atoms. The first-order chi connectivity index (χ1) is 12.0. The largest absolute Gasteiger partial charge is 0.496 e. The monoisotopic (exact) mass is 341 g/mol. The summed E-state index contributed by atoms with van der Waals surface area (Å²) in [5.41, 5.74) is 4.52. The molecule has 2 heterocycles. The van der Waals surface area contributed by atoms with Crippen molar-refractivity contribution in [2.24, 2.45) is 5.92 Å². The molecule has 0 amide bonds. The number of aliphatic hydroxyl groups excluding tert-OH is 1. The molecule has 1 saturated heterocycles. The Morgan fingerprint density at radius 3 is 2.72 bits per heavy atom. The summed E-state index contributed by atoms with van der Waals surface area (Å²) >= 11 is 0. The van der Waals surface area contributed by atoms with E-state index in [9.17, 15) is 5.11 Å². The number of rotatable bonds is 4. The van der Waals surface area contributed by atoms with Crippen LogP contribution in [0.5, 0.6) is 5.75 Å². The molecule has 134 valence electrons. The summed E-state index contributed by atoms with van der Waals surface area (Å²) in [6, 6.07) is 8.01. The summed E-state index contributed by atoms with van der Waals surface area (Å²) in [6.45, 7) is 6.04. The molecule has 2 atom stereocenters. The molecule has 1 aliphatic heterocycles. The molecule has 1 N–H and O–H groups in total. The van der Waals surface area contributed by atoms with Crippen LogP contribution in [0.15, 0.2) is 24.3 Å². The van der Waals surface area contributed by atoms with Gasteiger partial charge in [0, 0.05) is 18.0 Å². The predicted octanol–water partition coefficient (Wildman–Crippen LogP) is 3.14. The van der Waals surface area contributed by atoms with Crippen LogP contribution < -0.4 is 4.74 Å². The molecular formula is C20H27N3O2. The number of hydrogen-bond acceptors (Lipinski definition) is 5. The van der Waals surface area contributed by atoms with Gasteiger partial charge in [-0.1, -0.05) is 6.07 Å². The van der Waals surface area contributed by atoms with Crippen LogP contribution in [-0.4, -0.2) is 47.5 Å². The Balaban J connectivity index is 1.88. The van der Waals surface area contributed by atoms with Gasteiger partial charge >= 0.3 is 0 Å². The first-order valence-electron chi connectivity index (χ1n) is 8.85. The highest BCUT2D eigenvalue weighted by Gasteiger charge is 2.27. The van der Waals surface area contributed by atoms with E-state index in [1.54, 1.807) is 7.11 Å². The number of hydrogen-bond donors (Lipinski definition) is 1. The molecule has 25 heavy (non-hydrogen) atoms. The zero-order valence-corrected chi connectivity index (χ0v) is 15.5. The van der Waals surface area contributed by atoms with Gasteiger partial charge < -0.3 is 14.7 Å². The van der Waals surface area contributed by atoms with Gasteiger partial charge in [-0.05, 0) is 69.6 Å². The van der Waals surface area contributed by atoms with Crippen LogP contribution in [0.4, 0.5) is 0 Å². The summed E-state index contributed by atoms with van der Waals surface area (Å²) in [5.74, 6) is 1.01. The van der Waals surface area contributed by atoms with Gasteiger partial charge in [-0.3, -0.25) is 0 Å². The Kier molecular flexibility index (Phi) is 5.35. The van der Waals surface area contributed by atoms with E-state index in [2.05, 4.69) is 22.1 Å². The van der Waals surface area contributed by atoms with E-state index < -0.39 is 6.10 Å². The van der Waals surface area contributed by atoms with E-state index in [0.717, 1.165) is 54.1 Å². The lowest BCUT2D eigenvalue weighted by molar-refractivity contribution is 0.0556. The molecule has 2 aromatic rings. The lowest BCUT2D eigenvalue weighted by Crippen LogP contribution is -2.35. The summed E-state index contributed by atoms with van der Waals surface area (Å²) < 4.78 is 5.50. The lowest BCUT2D eigenvalue weighted by atomic mass is 9.90. The van der Waals surface area contributed by atoms with E-state index >= 15 is 0 Å². The second kappa shape index (κ2) is 7.50. The van der Waals surface area contributed by atoms with Crippen LogP contribution in [0, 0.1) is 19.8 Å². The fourth-order valence-corrected chi connectivity index (χ4v) is 3.62. The van der Waals surface area contributed by atoms with E-state index in [-0.39, 0.29) is 5.92 Å². The van der Waals surface area contributed by atoms with Crippen molar-refractivity contribution < 1.29 is 9.84 Å². The second-order valence-corrected chi connectivity index (χ2v) is 7.11. The summed E-state index contributed by atoms with van der Waals surface area (Å²) in [5, 5.41) is 19.5. The maximum absolute atomic E-state index is 10.7. The third kappa shape index (κ3) is 3.83. The van der Waals surface area contributed by atoms with Gasteiger partial charge in [-0.15, -0.1) is 5.10 Å². The first kappa shape index (κ1) is 17.8. The van der Waals surface area contributed by atoms with Gasteiger partial charge in [0.15, 0.2) is 0 Å². The minimum absolute atomic E-state index is 0.215. The van der Waals surface area contributed by atoms with E-state index in [0.29, 0.717) is 5.69 Å². The Hall–Kier alpha value is -1.98. The molecule has 5 nitrogen and oxygen atoms in total. The fourth-order valence-electron chi connectivity index (χ4n) is 3.62. The SMILES string of the molecule is COc1cc(C)ccc1-c1nnc([C@H](O)C2CCCN(C)C2)cc1C. The molecule has 0 bridgehead atoms. The summed E-state index contributed by atoms with van der Waals surface area (Å²) in [6.07, 6.45) is 1.58. The van der Waals surface area contributed by atoms with Gasteiger partial charge in [0.25, 0.3) is 0 Å². The predicted molar refractivity (Wildman–Crippen MR) is 98.7 cm³/mol. The second-order valence-electron chi connectivity index (χ2n) is 7.11. The van der Waals surface area contributed by atoms with Crippen LogP contribution in [0.2, 0.25) is 0 Å². The molecule has 1 aromatic carbocycles. The average Bonchev–Trinajstić information content (AvgIpc) is 2.61. The maximum atomic E-state index is 10.7. The van der Waals surface area contributed by atoms with Crippen molar-refractivity contribution in [2.45, 2.75) is 32.8 Å². The van der Waals surface area contributed by atoms with Gasteiger partial charge in [0.1, 0.15) is 11.9 Å². The maximum Gasteiger partial charge on any atom is 0.128 e. The molecule has 1 unspecified atom stereocenters. The van der Waals surface area contributed by atoms with Crippen LogP contribution >= 0.6 is 0 Å². The van der Waals surface area contributed by atoms with E-state index in [1.807, 2.05) is 38.1 Å². The highest BCUT2D eigenvalue weighted by molar-refractivity contribution is 5.70. The number of likely N-dealkylation sites (tertiary alicyclic amines) is 1. The van der Waals surface area contributed by atoms with Gasteiger partial charge in [0.05, 0.1) is 18.5 Å². The quantitative estimate of drug-likeness (QED) is 0.926. The van der Waals surface area contributed by atoms with E-state index in [4.69, 9.17) is 4.74 Å². The number of methoxy groups -OCH3 is 1. The number of piperidine rings is 1. The number of nitrogens with zero attached hydrogens (tertiary/aromatic N) is 3. The van der Waals surface area contributed by atoms with Crippen LogP contribution in [-0.2, 0) is 0 Å². The fraction of sp³-hybridized carbons (Fsp3) is 0.500. The molecule has 3 rings (SSSR count). The minimum Gasteiger partial charge on any atom is -0.496 e. The molecule has 0 radical (unpaired) electrons. The van der Waals surface area contributed by atoms with Crippen molar-refractivity contribution in [1.29, 1.82) is 0 Å². The highest BCUT2D eigenvalue weighted by Crippen LogP contribution is 2.33. The first-order valence-corrected chi connectivity index (χ1v) is 8.85. The third-order valence-electron chi connectivity index (χ3n) is 5.03. The molecule has 5 heteroatoms. The Bertz CT molecular complexity index is 748. The van der Waals surface area contributed by atoms with Crippen molar-refractivity contribution in [3.05, 3.63) is 41.1 Å². The van der Waals surface area contributed by atoms with Crippen molar-refractivity contribution in [1.82, 2.24) is 15.1 Å². The Labute approximate surface area is 149 Å². The standard InChI is InChI=1S/C20H27N3O2/c1-13-7-8-16(18(10-13)25-4)19-14(2)11-17(21-22-19)20(24)15-6-5-9-23(3)12-15/h7-8,10-11,15,20,24H,5-6,9,12H2,1-4H3/t15?,20-/m1/s1. The van der Waals surface area contributed by atoms with Crippen LogP contribution in [0.3, 0.4) is 0 Å². The normalized spacial score (nSPS) is 19.6. The summed E-state index contributed by atoms with van der Waals surface area (Å²) in [7, 11) is 3.77. The number of ether oxygens (including phenoxy) is 1. The van der Waals surface area contributed by atoms with Gasteiger partial charge in [-0.2, -0.15) is 5.10 Å². The molecule has 1 aromatic heterocycles. The zero-order chi connectivity index (χ0) is 18.0. The van der Waals surface area contributed by atoms with Gasteiger partial charge in [-0.25, -0.2) is 0 Å². The molecular weight excluding hydrogens is 314 g/mol. The van der Waals surface area contributed by atoms with Gasteiger partial charge in [0.2, 0.25) is 0 Å². The number of aryl methyl sites for hydroxylation is 2. The third-order valence-corrected chi connectivity index (χ3v) is 5.03. The molecule has 1 fully saturated rings. The smallest absolute Gasteiger partial charge is 0.128 e. The summed E-state index contributed by atoms with van der Waals surface area (Å²) in [4.78, 5) is 2.27. The van der Waals surface area contributed by atoms with E-state index in [1.165, 1.54) is 0 Å². The molecule has 0 saturated carbocycles. The van der Waals surface area contributed by atoms with Crippen LogP contribution in [0.25, 0.3) is 11.3 Å². The van der Waals surface area contributed by atoms with Crippen molar-refractivity contribution >= 4 is 0 Å².